The number of hydrogen-bond acceptors (Lipinski definition) is 2. The molecule has 0 amide bonds. The fourth-order valence-corrected chi connectivity index (χ4v) is 1.64. The number of fused-ring (bicyclic) bond motifs is 1. The Morgan fingerprint density at radius 3 is 2.92 bits per heavy atom. The third-order valence-corrected chi connectivity index (χ3v) is 2.43. The van der Waals surface area contributed by atoms with Crippen molar-refractivity contribution in [2.24, 2.45) is 16.1 Å². The van der Waals surface area contributed by atoms with E-state index in [-0.39, 0.29) is 6.04 Å². The van der Waals surface area contributed by atoms with Crippen molar-refractivity contribution in [2.45, 2.75) is 19.9 Å². The van der Waals surface area contributed by atoms with Crippen molar-refractivity contribution in [1.29, 1.82) is 0 Å². The van der Waals surface area contributed by atoms with E-state index in [1.807, 2.05) is 0 Å². The van der Waals surface area contributed by atoms with Gasteiger partial charge in [0.05, 0.1) is 0 Å². The first kappa shape index (κ1) is 7.47. The van der Waals surface area contributed by atoms with Gasteiger partial charge in [-0.3, -0.25) is 0 Å². The van der Waals surface area contributed by atoms with Crippen LogP contribution in [0.3, 0.4) is 0 Å². The normalized spacial score (nSPS) is 32.5. The summed E-state index contributed by atoms with van der Waals surface area (Å²) in [6.45, 7) is 4.29. The number of nitrogens with zero attached hydrogens (tertiary/aromatic N) is 2. The second-order valence-corrected chi connectivity index (χ2v) is 3.35. The zero-order valence-electron chi connectivity index (χ0n) is 7.36. The fourth-order valence-electron chi connectivity index (χ4n) is 1.64. The highest BCUT2D eigenvalue weighted by Gasteiger charge is 2.23. The Labute approximate surface area is 72.4 Å². The fraction of sp³-hybridized carbons (Fsp3) is 0.400. The molecule has 0 N–H and O–H groups in total. The predicted molar refractivity (Wildman–Crippen MR) is 48.8 cm³/mol. The SMILES string of the molecule is CC1=C2C=CN=NC2C(C)C=C1. The maximum absolute atomic E-state index is 4.21. The molecule has 0 radical (unpaired) electrons. The molecule has 0 aromatic heterocycles. The van der Waals surface area contributed by atoms with Crippen molar-refractivity contribution in [3.05, 3.63) is 35.6 Å². The minimum Gasteiger partial charge on any atom is -0.180 e. The van der Waals surface area contributed by atoms with Crippen LogP contribution in [0.4, 0.5) is 0 Å². The molecule has 0 saturated heterocycles. The molecule has 1 aliphatic carbocycles. The summed E-state index contributed by atoms with van der Waals surface area (Å²) in [4.78, 5) is 0. The number of azo groups is 1. The Balaban J connectivity index is 2.44. The van der Waals surface area contributed by atoms with E-state index < -0.39 is 0 Å². The maximum atomic E-state index is 4.21. The molecule has 0 aromatic rings. The highest BCUT2D eigenvalue weighted by molar-refractivity contribution is 5.41. The molecule has 2 atom stereocenters. The predicted octanol–water partition coefficient (Wildman–Crippen LogP) is 2.86. The molecule has 0 saturated carbocycles. The molecule has 1 aliphatic heterocycles. The van der Waals surface area contributed by atoms with Gasteiger partial charge in [0.15, 0.2) is 0 Å². The van der Waals surface area contributed by atoms with Gasteiger partial charge in [0.1, 0.15) is 6.04 Å². The summed E-state index contributed by atoms with van der Waals surface area (Å²) >= 11 is 0. The third-order valence-electron chi connectivity index (χ3n) is 2.43. The molecule has 0 fully saturated rings. The minimum atomic E-state index is 0.264. The van der Waals surface area contributed by atoms with Gasteiger partial charge >= 0.3 is 0 Å². The highest BCUT2D eigenvalue weighted by atomic mass is 15.1. The van der Waals surface area contributed by atoms with Crippen molar-refractivity contribution in [1.82, 2.24) is 0 Å². The van der Waals surface area contributed by atoms with Crippen LogP contribution in [-0.4, -0.2) is 6.04 Å². The Hall–Kier alpha value is -1.18. The van der Waals surface area contributed by atoms with E-state index in [2.05, 4.69) is 42.3 Å². The van der Waals surface area contributed by atoms with Crippen LogP contribution in [0, 0.1) is 5.92 Å². The molecule has 2 aliphatic rings. The molecular formula is C10H12N2. The molecule has 0 bridgehead atoms. The van der Waals surface area contributed by atoms with Crippen LogP contribution in [0.5, 0.6) is 0 Å². The number of hydrogen-bond donors (Lipinski definition) is 0. The summed E-state index contributed by atoms with van der Waals surface area (Å²) < 4.78 is 0. The van der Waals surface area contributed by atoms with E-state index in [0.717, 1.165) is 0 Å². The smallest absolute Gasteiger partial charge is 0.102 e. The molecule has 2 unspecified atom stereocenters. The van der Waals surface area contributed by atoms with Gasteiger partial charge in [0.2, 0.25) is 0 Å². The monoisotopic (exact) mass is 160 g/mol. The van der Waals surface area contributed by atoms with Crippen LogP contribution in [0.25, 0.3) is 0 Å². The lowest BCUT2D eigenvalue weighted by Crippen LogP contribution is -2.20. The molecule has 2 nitrogen and oxygen atoms in total. The van der Waals surface area contributed by atoms with Gasteiger partial charge in [0.25, 0.3) is 0 Å². The van der Waals surface area contributed by atoms with Crippen molar-refractivity contribution in [3.63, 3.8) is 0 Å². The summed E-state index contributed by atoms with van der Waals surface area (Å²) in [6.07, 6.45) is 8.19. The lowest BCUT2D eigenvalue weighted by molar-refractivity contribution is 0.573. The van der Waals surface area contributed by atoms with Crippen molar-refractivity contribution in [3.8, 4) is 0 Å². The quantitative estimate of drug-likeness (QED) is 0.520. The summed E-state index contributed by atoms with van der Waals surface area (Å²) in [6, 6.07) is 0.264. The van der Waals surface area contributed by atoms with E-state index in [1.165, 1.54) is 11.1 Å². The molecule has 2 heteroatoms. The number of rotatable bonds is 0. The van der Waals surface area contributed by atoms with E-state index >= 15 is 0 Å². The van der Waals surface area contributed by atoms with Gasteiger partial charge in [-0.15, -0.1) is 0 Å². The average Bonchev–Trinajstić information content (AvgIpc) is 2.12. The summed E-state index contributed by atoms with van der Waals surface area (Å²) in [5.74, 6) is 0.484. The van der Waals surface area contributed by atoms with E-state index in [1.54, 1.807) is 6.20 Å². The molecule has 0 aromatic carbocycles. The van der Waals surface area contributed by atoms with E-state index in [9.17, 15) is 0 Å². The summed E-state index contributed by atoms with van der Waals surface area (Å²) in [7, 11) is 0. The molecule has 2 rings (SSSR count). The van der Waals surface area contributed by atoms with Crippen LogP contribution >= 0.6 is 0 Å². The molecule has 62 valence electrons. The first-order chi connectivity index (χ1) is 5.79. The van der Waals surface area contributed by atoms with E-state index in [4.69, 9.17) is 0 Å². The summed E-state index contributed by atoms with van der Waals surface area (Å²) in [5.41, 5.74) is 2.63. The van der Waals surface area contributed by atoms with Gasteiger partial charge in [0, 0.05) is 12.1 Å². The van der Waals surface area contributed by atoms with Crippen LogP contribution in [-0.2, 0) is 0 Å². The Bertz CT molecular complexity index is 308. The molecule has 12 heavy (non-hydrogen) atoms. The largest absolute Gasteiger partial charge is 0.180 e. The molecule has 1 heterocycles. The topological polar surface area (TPSA) is 24.7 Å². The minimum absolute atomic E-state index is 0.264. The summed E-state index contributed by atoms with van der Waals surface area (Å²) in [5, 5.41) is 8.13. The van der Waals surface area contributed by atoms with Crippen LogP contribution in [0.1, 0.15) is 13.8 Å². The van der Waals surface area contributed by atoms with Crippen molar-refractivity contribution in [2.75, 3.05) is 0 Å². The Morgan fingerprint density at radius 2 is 2.17 bits per heavy atom. The average molecular weight is 160 g/mol. The maximum Gasteiger partial charge on any atom is 0.102 e. The van der Waals surface area contributed by atoms with Crippen LogP contribution < -0.4 is 0 Å². The third kappa shape index (κ3) is 1.04. The van der Waals surface area contributed by atoms with Crippen LogP contribution in [0.15, 0.2) is 45.8 Å². The van der Waals surface area contributed by atoms with Crippen molar-refractivity contribution >= 4 is 0 Å². The zero-order valence-corrected chi connectivity index (χ0v) is 7.36. The Kier molecular flexibility index (Phi) is 1.68. The zero-order chi connectivity index (χ0) is 8.55. The van der Waals surface area contributed by atoms with Gasteiger partial charge in [-0.05, 0) is 24.1 Å². The molecular weight excluding hydrogens is 148 g/mol. The standard InChI is InChI=1S/C10H12N2/c1-7-3-4-8(2)10-9(7)5-6-11-12-10/h3-6,8,10H,1-2H3. The second kappa shape index (κ2) is 2.70. The van der Waals surface area contributed by atoms with Gasteiger partial charge < -0.3 is 0 Å². The number of allylic oxidation sites excluding steroid dienone is 2. The van der Waals surface area contributed by atoms with Gasteiger partial charge in [-0.2, -0.15) is 10.2 Å². The first-order valence-corrected chi connectivity index (χ1v) is 4.24. The van der Waals surface area contributed by atoms with Gasteiger partial charge in [-0.25, -0.2) is 0 Å². The first-order valence-electron chi connectivity index (χ1n) is 4.24. The lowest BCUT2D eigenvalue weighted by atomic mass is 9.86. The van der Waals surface area contributed by atoms with Gasteiger partial charge in [-0.1, -0.05) is 19.1 Å². The molecule has 0 spiro atoms. The van der Waals surface area contributed by atoms with E-state index in [0.29, 0.717) is 5.92 Å². The highest BCUT2D eigenvalue weighted by Crippen LogP contribution is 2.29. The second-order valence-electron chi connectivity index (χ2n) is 3.35. The van der Waals surface area contributed by atoms with Crippen LogP contribution in [0.2, 0.25) is 0 Å². The Morgan fingerprint density at radius 1 is 1.33 bits per heavy atom. The van der Waals surface area contributed by atoms with Crippen molar-refractivity contribution < 1.29 is 0 Å². The lowest BCUT2D eigenvalue weighted by Gasteiger charge is -2.24.